The molecule has 18 heavy (non-hydrogen) atoms. The van der Waals surface area contributed by atoms with E-state index in [-0.39, 0.29) is 5.82 Å². The first-order chi connectivity index (χ1) is 8.58. The van der Waals surface area contributed by atoms with E-state index in [1.54, 1.807) is 12.3 Å². The maximum absolute atomic E-state index is 6.02. The maximum Gasteiger partial charge on any atom is 0.147 e. The van der Waals surface area contributed by atoms with Gasteiger partial charge >= 0.3 is 0 Å². The molecule has 94 valence electrons. The molecule has 4 nitrogen and oxygen atoms in total. The van der Waals surface area contributed by atoms with Gasteiger partial charge < -0.3 is 11.1 Å². The fraction of sp³-hybridized carbons (Fsp3) is 0.167. The van der Waals surface area contributed by atoms with E-state index in [0.29, 0.717) is 22.4 Å². The van der Waals surface area contributed by atoms with Gasteiger partial charge in [0.1, 0.15) is 11.6 Å². The lowest BCUT2D eigenvalue weighted by molar-refractivity contribution is 1.01. The van der Waals surface area contributed by atoms with Gasteiger partial charge in [-0.3, -0.25) is 4.98 Å². The molecular weight excluding hydrogens is 271 g/mol. The number of anilines is 2. The minimum absolute atomic E-state index is 0.251. The Balaban J connectivity index is 2.16. The van der Waals surface area contributed by atoms with Gasteiger partial charge in [-0.1, -0.05) is 29.3 Å². The van der Waals surface area contributed by atoms with Crippen molar-refractivity contribution >= 4 is 34.8 Å². The van der Waals surface area contributed by atoms with Gasteiger partial charge in [-0.15, -0.1) is 0 Å². The zero-order valence-electron chi connectivity index (χ0n) is 9.74. The Labute approximate surface area is 115 Å². The molecule has 0 spiro atoms. The number of pyridine rings is 2. The first-order valence-corrected chi connectivity index (χ1v) is 6.09. The van der Waals surface area contributed by atoms with Crippen LogP contribution in [0.4, 0.5) is 11.6 Å². The number of aryl methyl sites for hydroxylation is 1. The van der Waals surface area contributed by atoms with E-state index >= 15 is 0 Å². The molecule has 0 aliphatic rings. The van der Waals surface area contributed by atoms with Crippen LogP contribution in [0.1, 0.15) is 11.3 Å². The number of hydrogen-bond donors (Lipinski definition) is 2. The van der Waals surface area contributed by atoms with Crippen LogP contribution in [0, 0.1) is 6.92 Å². The Morgan fingerprint density at radius 2 is 2.11 bits per heavy atom. The van der Waals surface area contributed by atoms with Crippen LogP contribution in [0.3, 0.4) is 0 Å². The Morgan fingerprint density at radius 1 is 1.33 bits per heavy atom. The number of aromatic nitrogens is 2. The lowest BCUT2D eigenvalue weighted by Crippen LogP contribution is -2.06. The summed E-state index contributed by atoms with van der Waals surface area (Å²) in [4.78, 5) is 8.36. The molecule has 0 aliphatic heterocycles. The Morgan fingerprint density at radius 3 is 2.83 bits per heavy atom. The van der Waals surface area contributed by atoms with E-state index in [2.05, 4.69) is 15.3 Å². The van der Waals surface area contributed by atoms with E-state index in [0.717, 1.165) is 11.3 Å². The van der Waals surface area contributed by atoms with Crippen LogP contribution < -0.4 is 11.1 Å². The van der Waals surface area contributed by atoms with Gasteiger partial charge in [0, 0.05) is 6.20 Å². The molecule has 0 amide bonds. The minimum Gasteiger partial charge on any atom is -0.382 e. The maximum atomic E-state index is 6.02. The van der Waals surface area contributed by atoms with Crippen LogP contribution >= 0.6 is 23.2 Å². The van der Waals surface area contributed by atoms with Crippen molar-refractivity contribution in [3.63, 3.8) is 0 Å². The predicted molar refractivity (Wildman–Crippen MR) is 75.0 cm³/mol. The molecule has 0 radical (unpaired) electrons. The molecule has 0 unspecified atom stereocenters. The summed E-state index contributed by atoms with van der Waals surface area (Å²) in [5.74, 6) is 0.755. The first kappa shape index (κ1) is 12.9. The summed E-state index contributed by atoms with van der Waals surface area (Å²) in [5, 5.41) is 3.87. The van der Waals surface area contributed by atoms with Crippen molar-refractivity contribution in [2.75, 3.05) is 11.1 Å². The zero-order chi connectivity index (χ0) is 13.1. The van der Waals surface area contributed by atoms with Crippen LogP contribution in [0.25, 0.3) is 0 Å². The minimum atomic E-state index is 0.251. The largest absolute Gasteiger partial charge is 0.382 e. The van der Waals surface area contributed by atoms with Crippen molar-refractivity contribution in [2.24, 2.45) is 0 Å². The van der Waals surface area contributed by atoms with E-state index in [9.17, 15) is 0 Å². The molecule has 6 heteroatoms. The third kappa shape index (κ3) is 2.83. The van der Waals surface area contributed by atoms with Gasteiger partial charge in [0.2, 0.25) is 0 Å². The van der Waals surface area contributed by atoms with Crippen molar-refractivity contribution in [3.8, 4) is 0 Å². The van der Waals surface area contributed by atoms with Crippen LogP contribution in [0.15, 0.2) is 24.4 Å². The summed E-state index contributed by atoms with van der Waals surface area (Å²) in [7, 11) is 0. The molecule has 0 bridgehead atoms. The third-order valence-corrected chi connectivity index (χ3v) is 3.09. The van der Waals surface area contributed by atoms with Gasteiger partial charge in [-0.2, -0.15) is 0 Å². The van der Waals surface area contributed by atoms with Gasteiger partial charge in [-0.05, 0) is 24.6 Å². The highest BCUT2D eigenvalue weighted by Crippen LogP contribution is 2.27. The highest BCUT2D eigenvalue weighted by Gasteiger charge is 2.07. The highest BCUT2D eigenvalue weighted by atomic mass is 35.5. The molecular formula is C12H12Cl2N4. The normalized spacial score (nSPS) is 10.4. The van der Waals surface area contributed by atoms with Crippen molar-refractivity contribution < 1.29 is 0 Å². The van der Waals surface area contributed by atoms with Crippen LogP contribution in [0.5, 0.6) is 0 Å². The smallest absolute Gasteiger partial charge is 0.147 e. The number of nitrogens with two attached hydrogens (primary N) is 1. The third-order valence-electron chi connectivity index (χ3n) is 2.50. The van der Waals surface area contributed by atoms with E-state index in [1.165, 1.54) is 0 Å². The quantitative estimate of drug-likeness (QED) is 0.907. The van der Waals surface area contributed by atoms with Gasteiger partial charge in [0.25, 0.3) is 0 Å². The van der Waals surface area contributed by atoms with Crippen LogP contribution in [-0.4, -0.2) is 9.97 Å². The molecule has 0 saturated heterocycles. The molecule has 3 N–H and O–H groups in total. The molecule has 0 aromatic carbocycles. The highest BCUT2D eigenvalue weighted by molar-refractivity contribution is 6.37. The lowest BCUT2D eigenvalue weighted by Gasteiger charge is -2.10. The Kier molecular flexibility index (Phi) is 3.89. The van der Waals surface area contributed by atoms with Crippen LogP contribution in [-0.2, 0) is 6.54 Å². The second-order valence-corrected chi connectivity index (χ2v) is 4.62. The topological polar surface area (TPSA) is 63.8 Å². The molecule has 0 saturated carbocycles. The van der Waals surface area contributed by atoms with Gasteiger partial charge in [0.15, 0.2) is 0 Å². The van der Waals surface area contributed by atoms with E-state index in [4.69, 9.17) is 28.9 Å². The summed E-state index contributed by atoms with van der Waals surface area (Å²) < 4.78 is 0. The van der Waals surface area contributed by atoms with Crippen molar-refractivity contribution in [1.82, 2.24) is 9.97 Å². The standard InChI is InChI=1S/C12H12Cl2N4/c1-7-3-2-4-16-10(7)6-17-12-9(14)5-8(13)11(15)18-12/h2-5H,6H2,1H3,(H3,15,17,18). The summed E-state index contributed by atoms with van der Waals surface area (Å²) in [5.41, 5.74) is 7.67. The Bertz CT molecular complexity index is 572. The first-order valence-electron chi connectivity index (χ1n) is 5.34. The average Bonchev–Trinajstić information content (AvgIpc) is 2.34. The molecule has 2 aromatic rings. The lowest BCUT2D eigenvalue weighted by atomic mass is 10.2. The number of hydrogen-bond acceptors (Lipinski definition) is 4. The fourth-order valence-corrected chi connectivity index (χ4v) is 1.90. The number of nitrogens with one attached hydrogen (secondary N) is 1. The second kappa shape index (κ2) is 5.42. The van der Waals surface area contributed by atoms with Crippen molar-refractivity contribution in [1.29, 1.82) is 0 Å². The molecule has 0 aliphatic carbocycles. The summed E-state index contributed by atoms with van der Waals surface area (Å²) >= 11 is 11.8. The molecule has 2 aromatic heterocycles. The van der Waals surface area contributed by atoms with Gasteiger partial charge in [0.05, 0.1) is 22.3 Å². The number of rotatable bonds is 3. The number of halogens is 2. The van der Waals surface area contributed by atoms with Crippen molar-refractivity contribution in [2.45, 2.75) is 13.5 Å². The fourth-order valence-electron chi connectivity index (χ4n) is 1.48. The SMILES string of the molecule is Cc1cccnc1CNc1nc(N)c(Cl)cc1Cl. The van der Waals surface area contributed by atoms with Gasteiger partial charge in [-0.25, -0.2) is 4.98 Å². The molecule has 2 rings (SSSR count). The summed E-state index contributed by atoms with van der Waals surface area (Å²) in [6, 6.07) is 5.46. The molecule has 0 fully saturated rings. The second-order valence-electron chi connectivity index (χ2n) is 3.81. The number of nitrogen functional groups attached to an aromatic ring is 1. The summed E-state index contributed by atoms with van der Waals surface area (Å²) in [6.45, 7) is 2.52. The Hall–Kier alpha value is -1.52. The van der Waals surface area contributed by atoms with Crippen LogP contribution in [0.2, 0.25) is 10.0 Å². The van der Waals surface area contributed by atoms with Crippen molar-refractivity contribution in [3.05, 3.63) is 45.7 Å². The van der Waals surface area contributed by atoms with E-state index < -0.39 is 0 Å². The molecule has 0 atom stereocenters. The summed E-state index contributed by atoms with van der Waals surface area (Å²) in [6.07, 6.45) is 1.75. The monoisotopic (exact) mass is 282 g/mol. The predicted octanol–water partition coefficient (Wildman–Crippen LogP) is 3.29. The average molecular weight is 283 g/mol. The zero-order valence-corrected chi connectivity index (χ0v) is 11.3. The molecule has 2 heterocycles. The van der Waals surface area contributed by atoms with E-state index in [1.807, 2.05) is 19.1 Å². The number of nitrogens with zero attached hydrogens (tertiary/aromatic N) is 2.